The molecule has 0 saturated carbocycles. The van der Waals surface area contributed by atoms with Gasteiger partial charge in [-0.1, -0.05) is 0 Å². The van der Waals surface area contributed by atoms with Crippen LogP contribution in [0.15, 0.2) is 0 Å². The van der Waals surface area contributed by atoms with Crippen molar-refractivity contribution < 1.29 is 9.84 Å². The monoisotopic (exact) mass is 214 g/mol. The largest absolute Gasteiger partial charge is 0.396 e. The molecule has 0 aliphatic carbocycles. The van der Waals surface area contributed by atoms with Crippen LogP contribution in [-0.4, -0.2) is 38.0 Å². The van der Waals surface area contributed by atoms with Crippen LogP contribution in [0, 0.1) is 16.7 Å². The van der Waals surface area contributed by atoms with E-state index in [9.17, 15) is 0 Å². The van der Waals surface area contributed by atoms with E-state index in [-0.39, 0.29) is 18.1 Å². The van der Waals surface area contributed by atoms with E-state index in [4.69, 9.17) is 15.1 Å². The normalized spacial score (nSPS) is 13.5. The zero-order chi connectivity index (χ0) is 11.7. The fourth-order valence-corrected chi connectivity index (χ4v) is 1.25. The Balaban J connectivity index is 3.75. The Morgan fingerprint density at radius 2 is 2.20 bits per heavy atom. The minimum Gasteiger partial charge on any atom is -0.396 e. The summed E-state index contributed by atoms with van der Waals surface area (Å²) in [6, 6.07) is 2.43. The van der Waals surface area contributed by atoms with Gasteiger partial charge < -0.3 is 15.2 Å². The van der Waals surface area contributed by atoms with E-state index in [1.807, 2.05) is 13.8 Å². The first-order chi connectivity index (χ1) is 7.05. The number of rotatable bonds is 8. The van der Waals surface area contributed by atoms with Crippen molar-refractivity contribution in [2.24, 2.45) is 5.41 Å². The van der Waals surface area contributed by atoms with Crippen LogP contribution in [0.5, 0.6) is 0 Å². The lowest BCUT2D eigenvalue weighted by Crippen LogP contribution is -2.36. The molecule has 0 spiro atoms. The molecule has 0 aromatic carbocycles. The standard InChI is InChI=1S/C11H22N2O2/c1-11(2,9-12)5-6-13-10(4-7-14)8-15-3/h10,13-14H,4-8H2,1-3H3. The molecule has 4 nitrogen and oxygen atoms in total. The number of hydrogen-bond donors (Lipinski definition) is 2. The summed E-state index contributed by atoms with van der Waals surface area (Å²) in [7, 11) is 1.64. The molecule has 0 amide bonds. The average molecular weight is 214 g/mol. The summed E-state index contributed by atoms with van der Waals surface area (Å²) in [5.74, 6) is 0. The molecule has 0 aliphatic rings. The lowest BCUT2D eigenvalue weighted by Gasteiger charge is -2.20. The zero-order valence-electron chi connectivity index (χ0n) is 9.92. The van der Waals surface area contributed by atoms with Gasteiger partial charge in [0.05, 0.1) is 18.1 Å². The van der Waals surface area contributed by atoms with E-state index in [0.717, 1.165) is 13.0 Å². The predicted octanol–water partition coefficient (Wildman–Crippen LogP) is 0.913. The fourth-order valence-electron chi connectivity index (χ4n) is 1.25. The van der Waals surface area contributed by atoms with Crippen LogP contribution in [0.3, 0.4) is 0 Å². The number of aliphatic hydroxyl groups excluding tert-OH is 1. The first kappa shape index (κ1) is 14.4. The summed E-state index contributed by atoms with van der Waals surface area (Å²) >= 11 is 0. The molecule has 0 bridgehead atoms. The topological polar surface area (TPSA) is 65.3 Å². The molecule has 0 rings (SSSR count). The molecular weight excluding hydrogens is 192 g/mol. The van der Waals surface area contributed by atoms with Crippen LogP contribution < -0.4 is 5.32 Å². The summed E-state index contributed by atoms with van der Waals surface area (Å²) < 4.78 is 5.03. The van der Waals surface area contributed by atoms with Gasteiger partial charge in [0.1, 0.15) is 0 Å². The predicted molar refractivity (Wildman–Crippen MR) is 59.4 cm³/mol. The maximum atomic E-state index is 8.82. The van der Waals surface area contributed by atoms with Crippen LogP contribution >= 0.6 is 0 Å². The van der Waals surface area contributed by atoms with E-state index in [1.165, 1.54) is 0 Å². The van der Waals surface area contributed by atoms with Crippen LogP contribution in [0.2, 0.25) is 0 Å². The van der Waals surface area contributed by atoms with Crippen molar-refractivity contribution in [2.45, 2.75) is 32.7 Å². The Labute approximate surface area is 92.2 Å². The summed E-state index contributed by atoms with van der Waals surface area (Å²) in [6.45, 7) is 5.36. The number of nitrogens with one attached hydrogen (secondary N) is 1. The lowest BCUT2D eigenvalue weighted by molar-refractivity contribution is 0.147. The van der Waals surface area contributed by atoms with E-state index >= 15 is 0 Å². The third-order valence-electron chi connectivity index (χ3n) is 2.33. The minimum absolute atomic E-state index is 0.155. The molecule has 15 heavy (non-hydrogen) atoms. The first-order valence-corrected chi connectivity index (χ1v) is 5.30. The molecule has 0 saturated heterocycles. The Hall–Kier alpha value is -0.630. The lowest BCUT2D eigenvalue weighted by atomic mass is 9.91. The quantitative estimate of drug-likeness (QED) is 0.630. The van der Waals surface area contributed by atoms with E-state index in [0.29, 0.717) is 13.0 Å². The summed E-state index contributed by atoms with van der Waals surface area (Å²) in [5, 5.41) is 20.9. The van der Waals surface area contributed by atoms with Crippen molar-refractivity contribution in [3.05, 3.63) is 0 Å². The molecule has 0 aliphatic heterocycles. The van der Waals surface area contributed by atoms with Gasteiger partial charge in [-0.25, -0.2) is 0 Å². The van der Waals surface area contributed by atoms with Crippen molar-refractivity contribution in [3.63, 3.8) is 0 Å². The molecule has 4 heteroatoms. The third kappa shape index (κ3) is 7.32. The van der Waals surface area contributed by atoms with Gasteiger partial charge in [-0.15, -0.1) is 0 Å². The molecule has 0 heterocycles. The summed E-state index contributed by atoms with van der Waals surface area (Å²) in [5.41, 5.74) is -0.288. The summed E-state index contributed by atoms with van der Waals surface area (Å²) in [6.07, 6.45) is 1.48. The molecule has 88 valence electrons. The van der Waals surface area contributed by atoms with Crippen molar-refractivity contribution in [2.75, 3.05) is 26.9 Å². The molecule has 2 N–H and O–H groups in total. The van der Waals surface area contributed by atoms with Gasteiger partial charge in [0, 0.05) is 19.8 Å². The molecule has 1 atom stereocenters. The number of methoxy groups -OCH3 is 1. The van der Waals surface area contributed by atoms with Crippen LogP contribution in [0.4, 0.5) is 0 Å². The number of hydrogen-bond acceptors (Lipinski definition) is 4. The van der Waals surface area contributed by atoms with Crippen molar-refractivity contribution in [1.29, 1.82) is 5.26 Å². The number of nitriles is 1. The molecule has 0 aromatic heterocycles. The second kappa shape index (κ2) is 7.63. The van der Waals surface area contributed by atoms with E-state index in [2.05, 4.69) is 11.4 Å². The SMILES string of the molecule is COCC(CCO)NCCC(C)(C)C#N. The Bertz CT molecular complexity index is 193. The maximum Gasteiger partial charge on any atom is 0.0684 e. The highest BCUT2D eigenvalue weighted by Gasteiger charge is 2.16. The molecule has 0 fully saturated rings. The minimum atomic E-state index is -0.288. The second-order valence-corrected chi connectivity index (χ2v) is 4.36. The molecule has 0 radical (unpaired) electrons. The van der Waals surface area contributed by atoms with Gasteiger partial charge in [-0.3, -0.25) is 0 Å². The van der Waals surface area contributed by atoms with Gasteiger partial charge in [0.25, 0.3) is 0 Å². The van der Waals surface area contributed by atoms with Crippen LogP contribution in [-0.2, 0) is 4.74 Å². The first-order valence-electron chi connectivity index (χ1n) is 5.30. The summed E-state index contributed by atoms with van der Waals surface area (Å²) in [4.78, 5) is 0. The van der Waals surface area contributed by atoms with E-state index < -0.39 is 0 Å². The van der Waals surface area contributed by atoms with Gasteiger partial charge in [0.2, 0.25) is 0 Å². The highest BCUT2D eigenvalue weighted by atomic mass is 16.5. The Kier molecular flexibility index (Phi) is 7.31. The maximum absolute atomic E-state index is 8.82. The smallest absolute Gasteiger partial charge is 0.0684 e. The van der Waals surface area contributed by atoms with Gasteiger partial charge >= 0.3 is 0 Å². The fraction of sp³-hybridized carbons (Fsp3) is 0.909. The number of aliphatic hydroxyl groups is 1. The van der Waals surface area contributed by atoms with Gasteiger partial charge in [-0.2, -0.15) is 5.26 Å². The van der Waals surface area contributed by atoms with Crippen LogP contribution in [0.25, 0.3) is 0 Å². The Morgan fingerprint density at radius 1 is 1.53 bits per heavy atom. The van der Waals surface area contributed by atoms with Crippen molar-refractivity contribution in [1.82, 2.24) is 5.32 Å². The second-order valence-electron chi connectivity index (χ2n) is 4.36. The number of nitrogens with zero attached hydrogens (tertiary/aromatic N) is 1. The van der Waals surface area contributed by atoms with Gasteiger partial charge in [-0.05, 0) is 33.2 Å². The van der Waals surface area contributed by atoms with Crippen molar-refractivity contribution >= 4 is 0 Å². The zero-order valence-corrected chi connectivity index (χ0v) is 9.92. The average Bonchev–Trinajstić information content (AvgIpc) is 2.18. The number of ether oxygens (including phenoxy) is 1. The molecule has 1 unspecified atom stereocenters. The van der Waals surface area contributed by atoms with E-state index in [1.54, 1.807) is 7.11 Å². The third-order valence-corrected chi connectivity index (χ3v) is 2.33. The van der Waals surface area contributed by atoms with Crippen molar-refractivity contribution in [3.8, 4) is 6.07 Å². The highest BCUT2D eigenvalue weighted by Crippen LogP contribution is 2.17. The highest BCUT2D eigenvalue weighted by molar-refractivity contribution is 4.92. The molecular formula is C11H22N2O2. The Morgan fingerprint density at radius 3 is 2.67 bits per heavy atom. The molecule has 0 aromatic rings. The van der Waals surface area contributed by atoms with Crippen LogP contribution in [0.1, 0.15) is 26.7 Å². The van der Waals surface area contributed by atoms with Gasteiger partial charge in [0.15, 0.2) is 0 Å².